The maximum atomic E-state index is 3.95. The molecule has 0 amide bonds. The SMILES string of the molecule is Cc1ccc(N(C)CC2CCC3CCCCC3N2)c(C)c1. The quantitative estimate of drug-likeness (QED) is 0.902. The molecule has 21 heavy (non-hydrogen) atoms. The fraction of sp³-hybridized carbons (Fsp3) is 0.684. The third kappa shape index (κ3) is 3.42. The van der Waals surface area contributed by atoms with Crippen molar-refractivity contribution in [3.05, 3.63) is 29.3 Å². The van der Waals surface area contributed by atoms with Gasteiger partial charge >= 0.3 is 0 Å². The number of rotatable bonds is 3. The highest BCUT2D eigenvalue weighted by Gasteiger charge is 2.31. The zero-order valence-electron chi connectivity index (χ0n) is 13.9. The van der Waals surface area contributed by atoms with Gasteiger partial charge in [0.1, 0.15) is 0 Å². The van der Waals surface area contributed by atoms with E-state index in [-0.39, 0.29) is 0 Å². The molecule has 3 rings (SSSR count). The number of hydrogen-bond acceptors (Lipinski definition) is 2. The Bertz CT molecular complexity index is 482. The molecule has 2 heteroatoms. The first-order valence-corrected chi connectivity index (χ1v) is 8.68. The summed E-state index contributed by atoms with van der Waals surface area (Å²) in [5, 5.41) is 3.95. The fourth-order valence-electron chi connectivity index (χ4n) is 4.38. The van der Waals surface area contributed by atoms with Crippen molar-refractivity contribution in [2.45, 2.75) is 64.5 Å². The maximum Gasteiger partial charge on any atom is 0.0394 e. The zero-order valence-corrected chi connectivity index (χ0v) is 13.9. The van der Waals surface area contributed by atoms with Gasteiger partial charge < -0.3 is 10.2 Å². The van der Waals surface area contributed by atoms with Crippen LogP contribution in [0.25, 0.3) is 0 Å². The Labute approximate surface area is 129 Å². The van der Waals surface area contributed by atoms with Gasteiger partial charge in [-0.15, -0.1) is 0 Å². The number of piperidine rings is 1. The number of benzene rings is 1. The molecule has 2 nitrogen and oxygen atoms in total. The standard InChI is InChI=1S/C19H30N2/c1-14-8-11-19(15(2)12-14)21(3)13-17-10-9-16-6-4-5-7-18(16)20-17/h8,11-12,16-18,20H,4-7,9-10,13H2,1-3H3. The van der Waals surface area contributed by atoms with Crippen molar-refractivity contribution in [1.82, 2.24) is 5.32 Å². The van der Waals surface area contributed by atoms with Gasteiger partial charge in [-0.25, -0.2) is 0 Å². The van der Waals surface area contributed by atoms with Crippen LogP contribution in [-0.2, 0) is 0 Å². The number of fused-ring (bicyclic) bond motifs is 1. The van der Waals surface area contributed by atoms with Gasteiger partial charge in [0.2, 0.25) is 0 Å². The Kier molecular flexibility index (Phi) is 4.54. The molecule has 0 aromatic heterocycles. The summed E-state index contributed by atoms with van der Waals surface area (Å²) in [5.41, 5.74) is 4.13. The lowest BCUT2D eigenvalue weighted by Gasteiger charge is -2.42. The number of nitrogens with zero attached hydrogens (tertiary/aromatic N) is 1. The summed E-state index contributed by atoms with van der Waals surface area (Å²) in [6.45, 7) is 5.53. The van der Waals surface area contributed by atoms with Crippen molar-refractivity contribution in [1.29, 1.82) is 0 Å². The molecule has 0 bridgehead atoms. The third-order valence-electron chi connectivity index (χ3n) is 5.50. The molecule has 1 aliphatic heterocycles. The molecule has 3 atom stereocenters. The topological polar surface area (TPSA) is 15.3 Å². The second-order valence-electron chi connectivity index (χ2n) is 7.26. The van der Waals surface area contributed by atoms with Crippen LogP contribution >= 0.6 is 0 Å². The fourth-order valence-corrected chi connectivity index (χ4v) is 4.38. The second kappa shape index (κ2) is 6.39. The van der Waals surface area contributed by atoms with Gasteiger partial charge in [0.25, 0.3) is 0 Å². The zero-order chi connectivity index (χ0) is 14.8. The van der Waals surface area contributed by atoms with Crippen LogP contribution in [0.4, 0.5) is 5.69 Å². The van der Waals surface area contributed by atoms with E-state index in [0.29, 0.717) is 6.04 Å². The van der Waals surface area contributed by atoms with E-state index in [1.165, 1.54) is 55.3 Å². The van der Waals surface area contributed by atoms with E-state index in [2.05, 4.69) is 49.3 Å². The van der Waals surface area contributed by atoms with Gasteiger partial charge in [-0.2, -0.15) is 0 Å². The van der Waals surface area contributed by atoms with Crippen molar-refractivity contribution < 1.29 is 0 Å². The minimum absolute atomic E-state index is 0.662. The summed E-state index contributed by atoms with van der Waals surface area (Å²) >= 11 is 0. The number of nitrogens with one attached hydrogen (secondary N) is 1. The Hall–Kier alpha value is -1.02. The summed E-state index contributed by atoms with van der Waals surface area (Å²) < 4.78 is 0. The van der Waals surface area contributed by atoms with Crippen molar-refractivity contribution >= 4 is 5.69 Å². The maximum absolute atomic E-state index is 3.95. The highest BCUT2D eigenvalue weighted by atomic mass is 15.1. The van der Waals surface area contributed by atoms with Gasteiger partial charge in [0, 0.05) is 31.4 Å². The molecule has 1 saturated carbocycles. The van der Waals surface area contributed by atoms with Crippen LogP contribution in [0, 0.1) is 19.8 Å². The van der Waals surface area contributed by atoms with E-state index in [9.17, 15) is 0 Å². The molecule has 116 valence electrons. The largest absolute Gasteiger partial charge is 0.373 e. The number of aryl methyl sites for hydroxylation is 2. The minimum Gasteiger partial charge on any atom is -0.373 e. The molecular weight excluding hydrogens is 256 g/mol. The van der Waals surface area contributed by atoms with E-state index in [1.54, 1.807) is 0 Å². The molecule has 0 radical (unpaired) electrons. The Morgan fingerprint density at radius 1 is 1.10 bits per heavy atom. The van der Waals surface area contributed by atoms with Crippen molar-refractivity contribution in [3.8, 4) is 0 Å². The normalized spacial score (nSPS) is 29.0. The van der Waals surface area contributed by atoms with Crippen molar-refractivity contribution in [2.75, 3.05) is 18.5 Å². The van der Waals surface area contributed by atoms with Crippen LogP contribution in [0.1, 0.15) is 49.7 Å². The van der Waals surface area contributed by atoms with Gasteiger partial charge in [-0.1, -0.05) is 30.5 Å². The van der Waals surface area contributed by atoms with Crippen LogP contribution in [0.5, 0.6) is 0 Å². The minimum atomic E-state index is 0.662. The van der Waals surface area contributed by atoms with Gasteiger partial charge in [-0.05, 0) is 57.1 Å². The Morgan fingerprint density at radius 2 is 1.90 bits per heavy atom. The highest BCUT2D eigenvalue weighted by Crippen LogP contribution is 2.32. The summed E-state index contributed by atoms with van der Waals surface area (Å²) in [6, 6.07) is 8.25. The molecule has 2 fully saturated rings. The molecule has 0 spiro atoms. The first kappa shape index (κ1) is 14.9. The van der Waals surface area contributed by atoms with E-state index in [4.69, 9.17) is 0 Å². The average molecular weight is 286 g/mol. The predicted octanol–water partition coefficient (Wildman–Crippen LogP) is 4.05. The first-order chi connectivity index (χ1) is 10.1. The molecule has 1 N–H and O–H groups in total. The first-order valence-electron chi connectivity index (χ1n) is 8.68. The average Bonchev–Trinajstić information content (AvgIpc) is 2.47. The van der Waals surface area contributed by atoms with Crippen LogP contribution in [0.15, 0.2) is 18.2 Å². The molecule has 1 heterocycles. The Morgan fingerprint density at radius 3 is 2.71 bits per heavy atom. The van der Waals surface area contributed by atoms with E-state index in [0.717, 1.165) is 18.5 Å². The lowest BCUT2D eigenvalue weighted by atomic mass is 9.78. The van der Waals surface area contributed by atoms with Crippen LogP contribution < -0.4 is 10.2 Å². The summed E-state index contributed by atoms with van der Waals surface area (Å²) in [5.74, 6) is 0.960. The number of likely N-dealkylation sites (N-methyl/N-ethyl adjacent to an activating group) is 1. The number of hydrogen-bond donors (Lipinski definition) is 1. The summed E-state index contributed by atoms with van der Waals surface area (Å²) in [6.07, 6.45) is 8.51. The predicted molar refractivity (Wildman–Crippen MR) is 91.1 cm³/mol. The third-order valence-corrected chi connectivity index (χ3v) is 5.50. The molecule has 3 unspecified atom stereocenters. The van der Waals surface area contributed by atoms with Crippen LogP contribution in [0.2, 0.25) is 0 Å². The molecule has 1 aromatic rings. The molecule has 2 aliphatic rings. The van der Waals surface area contributed by atoms with Crippen LogP contribution in [0.3, 0.4) is 0 Å². The van der Waals surface area contributed by atoms with Gasteiger partial charge in [0.05, 0.1) is 0 Å². The lowest BCUT2D eigenvalue weighted by molar-refractivity contribution is 0.178. The molecular formula is C19H30N2. The number of anilines is 1. The monoisotopic (exact) mass is 286 g/mol. The van der Waals surface area contributed by atoms with Crippen molar-refractivity contribution in [3.63, 3.8) is 0 Å². The van der Waals surface area contributed by atoms with Crippen molar-refractivity contribution in [2.24, 2.45) is 5.92 Å². The van der Waals surface area contributed by atoms with E-state index < -0.39 is 0 Å². The van der Waals surface area contributed by atoms with Gasteiger partial charge in [0.15, 0.2) is 0 Å². The van der Waals surface area contributed by atoms with Crippen LogP contribution in [-0.4, -0.2) is 25.7 Å². The van der Waals surface area contributed by atoms with Gasteiger partial charge in [-0.3, -0.25) is 0 Å². The second-order valence-corrected chi connectivity index (χ2v) is 7.26. The highest BCUT2D eigenvalue weighted by molar-refractivity contribution is 5.53. The molecule has 1 aromatic carbocycles. The summed E-state index contributed by atoms with van der Waals surface area (Å²) in [4.78, 5) is 2.44. The smallest absolute Gasteiger partial charge is 0.0394 e. The Balaban J connectivity index is 1.61. The lowest BCUT2D eigenvalue weighted by Crippen LogP contribution is -2.52. The molecule has 1 saturated heterocycles. The molecule has 1 aliphatic carbocycles. The summed E-state index contributed by atoms with van der Waals surface area (Å²) in [7, 11) is 2.24. The van der Waals surface area contributed by atoms with E-state index in [1.807, 2.05) is 0 Å². The van der Waals surface area contributed by atoms with E-state index >= 15 is 0 Å².